The minimum absolute atomic E-state index is 0.0825. The third-order valence-corrected chi connectivity index (χ3v) is 4.22. The second-order valence-electron chi connectivity index (χ2n) is 5.86. The van der Waals surface area contributed by atoms with Gasteiger partial charge in [-0.05, 0) is 31.9 Å². The fourth-order valence-electron chi connectivity index (χ4n) is 2.36. The average molecular weight is 329 g/mol. The lowest BCUT2D eigenvalue weighted by Crippen LogP contribution is -2.43. The molecule has 0 aliphatic rings. The average Bonchev–Trinajstić information content (AvgIpc) is 2.60. The predicted octanol–water partition coefficient (Wildman–Crippen LogP) is 1.82. The van der Waals surface area contributed by atoms with Crippen molar-refractivity contribution in [2.75, 3.05) is 6.54 Å². The summed E-state index contributed by atoms with van der Waals surface area (Å²) in [5, 5.41) is 17.1. The second-order valence-corrected chi connectivity index (χ2v) is 5.86. The van der Waals surface area contributed by atoms with Gasteiger partial charge in [-0.2, -0.15) is 5.10 Å². The molecule has 24 heavy (non-hydrogen) atoms. The van der Waals surface area contributed by atoms with Crippen molar-refractivity contribution in [2.45, 2.75) is 39.2 Å². The molecule has 0 fully saturated rings. The summed E-state index contributed by atoms with van der Waals surface area (Å²) in [5.74, 6) is -0.579. The maximum atomic E-state index is 12.3. The van der Waals surface area contributed by atoms with Crippen LogP contribution in [0.5, 0.6) is 0 Å². The Hall–Kier alpha value is -2.47. The van der Waals surface area contributed by atoms with E-state index in [0.717, 1.165) is 5.69 Å². The first-order chi connectivity index (χ1) is 11.4. The molecule has 1 amide bonds. The first-order valence-corrected chi connectivity index (χ1v) is 8.07. The van der Waals surface area contributed by atoms with Crippen LogP contribution in [0.4, 0.5) is 0 Å². The third kappa shape index (κ3) is 3.89. The summed E-state index contributed by atoms with van der Waals surface area (Å²) in [6.07, 6.45) is 1.03. The zero-order chi connectivity index (χ0) is 17.7. The van der Waals surface area contributed by atoms with Gasteiger partial charge in [0.2, 0.25) is 5.43 Å². The Kier molecular flexibility index (Phi) is 5.51. The predicted molar refractivity (Wildman–Crippen MR) is 92.4 cm³/mol. The number of nitrogens with zero attached hydrogens (tertiary/aromatic N) is 2. The fourth-order valence-corrected chi connectivity index (χ4v) is 2.36. The Morgan fingerprint density at radius 1 is 1.25 bits per heavy atom. The van der Waals surface area contributed by atoms with Crippen LogP contribution in [-0.2, 0) is 0 Å². The highest BCUT2D eigenvalue weighted by Crippen LogP contribution is 2.13. The topological polar surface area (TPSA) is 84.2 Å². The van der Waals surface area contributed by atoms with Crippen molar-refractivity contribution in [1.82, 2.24) is 15.1 Å². The number of carbonyl (C=O) groups excluding carboxylic acids is 1. The molecule has 6 nitrogen and oxygen atoms in total. The summed E-state index contributed by atoms with van der Waals surface area (Å²) >= 11 is 0. The molecular formula is C18H23N3O3. The normalized spacial score (nSPS) is 11.3. The maximum absolute atomic E-state index is 12.3. The van der Waals surface area contributed by atoms with Gasteiger partial charge in [0.1, 0.15) is 0 Å². The van der Waals surface area contributed by atoms with Crippen LogP contribution in [-0.4, -0.2) is 32.9 Å². The zero-order valence-electron chi connectivity index (χ0n) is 14.2. The molecule has 0 aliphatic heterocycles. The second kappa shape index (κ2) is 7.40. The molecule has 0 saturated heterocycles. The summed E-state index contributed by atoms with van der Waals surface area (Å²) in [5.41, 5.74) is -0.185. The number of amides is 1. The lowest BCUT2D eigenvalue weighted by Gasteiger charge is -2.25. The lowest BCUT2D eigenvalue weighted by molar-refractivity contribution is 0.0312. The number of hydrogen-bond acceptors (Lipinski definition) is 4. The van der Waals surface area contributed by atoms with Crippen molar-refractivity contribution >= 4 is 5.91 Å². The van der Waals surface area contributed by atoms with Crippen molar-refractivity contribution in [3.63, 3.8) is 0 Å². The van der Waals surface area contributed by atoms with Crippen molar-refractivity contribution < 1.29 is 9.90 Å². The molecule has 0 atom stereocenters. The van der Waals surface area contributed by atoms with Crippen molar-refractivity contribution in [1.29, 1.82) is 0 Å². The third-order valence-electron chi connectivity index (χ3n) is 4.22. The van der Waals surface area contributed by atoms with Crippen LogP contribution in [0.2, 0.25) is 0 Å². The number of rotatable bonds is 6. The lowest BCUT2D eigenvalue weighted by atomic mass is 9.97. The number of hydrogen-bond donors (Lipinski definition) is 2. The zero-order valence-corrected chi connectivity index (χ0v) is 14.2. The molecule has 0 aliphatic carbocycles. The van der Waals surface area contributed by atoms with E-state index in [2.05, 4.69) is 10.4 Å². The van der Waals surface area contributed by atoms with Crippen LogP contribution < -0.4 is 10.7 Å². The molecule has 1 aromatic carbocycles. The van der Waals surface area contributed by atoms with E-state index in [4.69, 9.17) is 0 Å². The van der Waals surface area contributed by atoms with Crippen LogP contribution in [0.25, 0.3) is 5.69 Å². The standard InChI is InChI=1S/C18H23N3O3/c1-4-18(24,5-2)12-19-17(23)16-15(22)11-13(3)21(20-16)14-9-7-6-8-10-14/h6-11,24H,4-5,12H2,1-3H3,(H,19,23). The summed E-state index contributed by atoms with van der Waals surface area (Å²) in [4.78, 5) is 24.5. The van der Waals surface area contributed by atoms with Gasteiger partial charge in [0.05, 0.1) is 11.3 Å². The summed E-state index contributed by atoms with van der Waals surface area (Å²) in [6, 6.07) is 10.7. The van der Waals surface area contributed by atoms with Gasteiger partial charge in [-0.1, -0.05) is 32.0 Å². The Balaban J connectivity index is 2.30. The smallest absolute Gasteiger partial charge is 0.275 e. The number of aryl methyl sites for hydroxylation is 1. The SMILES string of the molecule is CCC(O)(CC)CNC(=O)c1nn(-c2ccccc2)c(C)cc1=O. The minimum atomic E-state index is -0.973. The quantitative estimate of drug-likeness (QED) is 0.847. The molecule has 0 bridgehead atoms. The van der Waals surface area contributed by atoms with Gasteiger partial charge in [-0.15, -0.1) is 0 Å². The van der Waals surface area contributed by atoms with Crippen LogP contribution in [0.1, 0.15) is 42.9 Å². The van der Waals surface area contributed by atoms with E-state index in [1.165, 1.54) is 6.07 Å². The fraction of sp³-hybridized carbons (Fsp3) is 0.389. The number of para-hydroxylation sites is 1. The van der Waals surface area contributed by atoms with E-state index >= 15 is 0 Å². The molecule has 2 N–H and O–H groups in total. The van der Waals surface area contributed by atoms with E-state index < -0.39 is 16.9 Å². The number of carbonyl (C=O) groups is 1. The first kappa shape index (κ1) is 17.9. The van der Waals surface area contributed by atoms with Crippen LogP contribution in [0.15, 0.2) is 41.2 Å². The van der Waals surface area contributed by atoms with Gasteiger partial charge in [-0.25, -0.2) is 4.68 Å². The molecule has 6 heteroatoms. The van der Waals surface area contributed by atoms with Gasteiger partial charge in [0.15, 0.2) is 5.69 Å². The maximum Gasteiger partial charge on any atom is 0.275 e. The molecule has 2 aromatic rings. The van der Waals surface area contributed by atoms with Crippen molar-refractivity contribution in [2.24, 2.45) is 0 Å². The Bertz CT molecular complexity index is 765. The molecule has 128 valence electrons. The number of nitrogens with one attached hydrogen (secondary N) is 1. The summed E-state index contributed by atoms with van der Waals surface area (Å²) in [6.45, 7) is 5.54. The monoisotopic (exact) mass is 329 g/mol. The van der Waals surface area contributed by atoms with Crippen molar-refractivity contribution in [3.8, 4) is 5.69 Å². The van der Waals surface area contributed by atoms with Gasteiger partial charge in [0.25, 0.3) is 5.91 Å². The molecule has 0 spiro atoms. The van der Waals surface area contributed by atoms with E-state index in [9.17, 15) is 14.7 Å². The van der Waals surface area contributed by atoms with Crippen LogP contribution in [0.3, 0.4) is 0 Å². The van der Waals surface area contributed by atoms with Gasteiger partial charge >= 0.3 is 0 Å². The Morgan fingerprint density at radius 2 is 1.88 bits per heavy atom. The molecule has 2 rings (SSSR count). The molecule has 1 aromatic heterocycles. The van der Waals surface area contributed by atoms with E-state index in [1.807, 2.05) is 44.2 Å². The highest BCUT2D eigenvalue weighted by molar-refractivity contribution is 5.92. The number of aromatic nitrogens is 2. The van der Waals surface area contributed by atoms with Gasteiger partial charge in [0, 0.05) is 18.3 Å². The molecule has 1 heterocycles. The molecule has 0 unspecified atom stereocenters. The highest BCUT2D eigenvalue weighted by atomic mass is 16.3. The summed E-state index contributed by atoms with van der Waals surface area (Å²) in [7, 11) is 0. The Labute approximate surface area is 141 Å². The Morgan fingerprint density at radius 3 is 2.46 bits per heavy atom. The summed E-state index contributed by atoms with van der Waals surface area (Å²) < 4.78 is 1.56. The van der Waals surface area contributed by atoms with E-state index in [1.54, 1.807) is 11.6 Å². The van der Waals surface area contributed by atoms with E-state index in [0.29, 0.717) is 18.5 Å². The molecule has 0 radical (unpaired) electrons. The molecule has 0 saturated carbocycles. The first-order valence-electron chi connectivity index (χ1n) is 8.07. The minimum Gasteiger partial charge on any atom is -0.388 e. The van der Waals surface area contributed by atoms with E-state index in [-0.39, 0.29) is 12.2 Å². The van der Waals surface area contributed by atoms with Gasteiger partial charge < -0.3 is 10.4 Å². The van der Waals surface area contributed by atoms with Crippen molar-refractivity contribution in [3.05, 3.63) is 58.0 Å². The number of benzene rings is 1. The highest BCUT2D eigenvalue weighted by Gasteiger charge is 2.24. The largest absolute Gasteiger partial charge is 0.388 e. The number of aliphatic hydroxyl groups is 1. The molecular weight excluding hydrogens is 306 g/mol. The van der Waals surface area contributed by atoms with Crippen LogP contribution >= 0.6 is 0 Å². The van der Waals surface area contributed by atoms with Crippen LogP contribution in [0, 0.1) is 6.92 Å². The van der Waals surface area contributed by atoms with Gasteiger partial charge in [-0.3, -0.25) is 9.59 Å².